The second-order valence-electron chi connectivity index (χ2n) is 4.52. The van der Waals surface area contributed by atoms with Crippen LogP contribution in [0.4, 0.5) is 0 Å². The van der Waals surface area contributed by atoms with E-state index in [4.69, 9.17) is 13.7 Å². The minimum absolute atomic E-state index is 0.447. The number of aryl methyl sites for hydroxylation is 1. The fourth-order valence-electron chi connectivity index (χ4n) is 1.92. The third kappa shape index (κ3) is 3.30. The summed E-state index contributed by atoms with van der Waals surface area (Å²) in [4.78, 5) is 0. The van der Waals surface area contributed by atoms with E-state index in [-0.39, 0.29) is 0 Å². The molecule has 0 amide bonds. The van der Waals surface area contributed by atoms with Crippen LogP contribution in [-0.4, -0.2) is 22.0 Å². The molecule has 0 saturated carbocycles. The standard InChI is InChI=1S/C15H15N3O3S/c1-3-19-13-7-5-4-6-12(13)14-16-17-15(20-14)22-9-11-8-10(2)21-18-11/h4-8H,3,9H2,1-2H3. The molecule has 2 heterocycles. The average Bonchev–Trinajstić information content (AvgIpc) is 3.15. The van der Waals surface area contributed by atoms with Gasteiger partial charge in [-0.1, -0.05) is 29.1 Å². The van der Waals surface area contributed by atoms with E-state index in [1.807, 2.05) is 44.2 Å². The van der Waals surface area contributed by atoms with Gasteiger partial charge in [0.1, 0.15) is 11.5 Å². The summed E-state index contributed by atoms with van der Waals surface area (Å²) in [5.41, 5.74) is 1.64. The van der Waals surface area contributed by atoms with Crippen LogP contribution in [0.3, 0.4) is 0 Å². The quantitative estimate of drug-likeness (QED) is 0.641. The first-order chi connectivity index (χ1) is 10.8. The van der Waals surface area contributed by atoms with Crippen molar-refractivity contribution in [2.24, 2.45) is 0 Å². The molecule has 6 nitrogen and oxygen atoms in total. The lowest BCUT2D eigenvalue weighted by Crippen LogP contribution is -1.93. The van der Waals surface area contributed by atoms with Gasteiger partial charge in [0.2, 0.25) is 0 Å². The van der Waals surface area contributed by atoms with Crippen molar-refractivity contribution in [2.45, 2.75) is 24.8 Å². The summed E-state index contributed by atoms with van der Waals surface area (Å²) < 4.78 is 16.3. The van der Waals surface area contributed by atoms with Crippen LogP contribution in [0.2, 0.25) is 0 Å². The van der Waals surface area contributed by atoms with Crippen LogP contribution in [0.5, 0.6) is 5.75 Å². The Hall–Kier alpha value is -2.28. The number of benzene rings is 1. The Labute approximate surface area is 131 Å². The van der Waals surface area contributed by atoms with Gasteiger partial charge in [-0.05, 0) is 26.0 Å². The number of para-hydroxylation sites is 1. The Balaban J connectivity index is 1.73. The minimum atomic E-state index is 0.447. The molecule has 0 atom stereocenters. The Morgan fingerprint density at radius 1 is 1.23 bits per heavy atom. The van der Waals surface area contributed by atoms with E-state index in [1.165, 1.54) is 11.8 Å². The second kappa shape index (κ2) is 6.65. The fourth-order valence-corrected chi connectivity index (χ4v) is 2.57. The number of aromatic nitrogens is 3. The molecule has 0 aliphatic rings. The maximum atomic E-state index is 5.69. The van der Waals surface area contributed by atoms with Crippen molar-refractivity contribution >= 4 is 11.8 Å². The molecule has 22 heavy (non-hydrogen) atoms. The van der Waals surface area contributed by atoms with Crippen LogP contribution < -0.4 is 4.74 Å². The highest BCUT2D eigenvalue weighted by molar-refractivity contribution is 7.98. The summed E-state index contributed by atoms with van der Waals surface area (Å²) in [5.74, 6) is 2.58. The number of thioether (sulfide) groups is 1. The van der Waals surface area contributed by atoms with Gasteiger partial charge in [-0.3, -0.25) is 0 Å². The van der Waals surface area contributed by atoms with Gasteiger partial charge in [-0.25, -0.2) is 0 Å². The molecule has 0 bridgehead atoms. The molecule has 114 valence electrons. The monoisotopic (exact) mass is 317 g/mol. The van der Waals surface area contributed by atoms with E-state index in [1.54, 1.807) is 0 Å². The number of hydrogen-bond acceptors (Lipinski definition) is 7. The Kier molecular flexibility index (Phi) is 4.43. The van der Waals surface area contributed by atoms with Crippen LogP contribution in [0.1, 0.15) is 18.4 Å². The third-order valence-corrected chi connectivity index (χ3v) is 3.70. The van der Waals surface area contributed by atoms with Crippen LogP contribution in [0.25, 0.3) is 11.5 Å². The van der Waals surface area contributed by atoms with Crippen molar-refractivity contribution in [3.8, 4) is 17.2 Å². The highest BCUT2D eigenvalue weighted by atomic mass is 32.2. The number of ether oxygens (including phenoxy) is 1. The Morgan fingerprint density at radius 2 is 2.09 bits per heavy atom. The third-order valence-electron chi connectivity index (χ3n) is 2.84. The molecule has 0 aliphatic heterocycles. The molecule has 3 aromatic rings. The second-order valence-corrected chi connectivity index (χ2v) is 5.45. The first-order valence-corrected chi connectivity index (χ1v) is 7.85. The number of nitrogens with zero attached hydrogens (tertiary/aromatic N) is 3. The lowest BCUT2D eigenvalue weighted by Gasteiger charge is -2.05. The normalized spacial score (nSPS) is 10.8. The van der Waals surface area contributed by atoms with E-state index >= 15 is 0 Å². The molecule has 3 rings (SSSR count). The predicted octanol–water partition coefficient (Wildman–Crippen LogP) is 3.72. The first-order valence-electron chi connectivity index (χ1n) is 6.87. The maximum absolute atomic E-state index is 5.69. The molecule has 0 spiro atoms. The van der Waals surface area contributed by atoms with Crippen molar-refractivity contribution < 1.29 is 13.7 Å². The summed E-state index contributed by atoms with van der Waals surface area (Å²) in [6.45, 7) is 4.38. The van der Waals surface area contributed by atoms with Crippen molar-refractivity contribution in [3.63, 3.8) is 0 Å². The molecule has 0 aliphatic carbocycles. The van der Waals surface area contributed by atoms with Crippen molar-refractivity contribution in [1.82, 2.24) is 15.4 Å². The van der Waals surface area contributed by atoms with Gasteiger partial charge in [0, 0.05) is 11.8 Å². The summed E-state index contributed by atoms with van der Waals surface area (Å²) in [6.07, 6.45) is 0. The van der Waals surface area contributed by atoms with Gasteiger partial charge in [0.05, 0.1) is 17.9 Å². The highest BCUT2D eigenvalue weighted by Gasteiger charge is 2.14. The zero-order valence-corrected chi connectivity index (χ0v) is 13.1. The van der Waals surface area contributed by atoms with Crippen molar-refractivity contribution in [1.29, 1.82) is 0 Å². The molecule has 0 N–H and O–H groups in total. The SMILES string of the molecule is CCOc1ccccc1-c1nnc(SCc2cc(C)on2)o1. The average molecular weight is 317 g/mol. The van der Waals surface area contributed by atoms with Gasteiger partial charge in [-0.2, -0.15) is 0 Å². The molecular weight excluding hydrogens is 302 g/mol. The molecule has 0 fully saturated rings. The largest absolute Gasteiger partial charge is 0.493 e. The summed E-state index contributed by atoms with van der Waals surface area (Å²) >= 11 is 1.42. The zero-order chi connectivity index (χ0) is 15.4. The van der Waals surface area contributed by atoms with E-state index in [9.17, 15) is 0 Å². The summed E-state index contributed by atoms with van der Waals surface area (Å²) in [7, 11) is 0. The highest BCUT2D eigenvalue weighted by Crippen LogP contribution is 2.31. The van der Waals surface area contributed by atoms with E-state index in [2.05, 4.69) is 15.4 Å². The lowest BCUT2D eigenvalue weighted by molar-refractivity contribution is 0.340. The fraction of sp³-hybridized carbons (Fsp3) is 0.267. The summed E-state index contributed by atoms with van der Waals surface area (Å²) in [5, 5.41) is 12.6. The Morgan fingerprint density at radius 3 is 2.86 bits per heavy atom. The predicted molar refractivity (Wildman–Crippen MR) is 81.7 cm³/mol. The minimum Gasteiger partial charge on any atom is -0.493 e. The van der Waals surface area contributed by atoms with E-state index in [0.717, 1.165) is 22.8 Å². The van der Waals surface area contributed by atoms with Gasteiger partial charge >= 0.3 is 0 Å². The van der Waals surface area contributed by atoms with Gasteiger partial charge in [0.25, 0.3) is 11.1 Å². The molecule has 0 unspecified atom stereocenters. The smallest absolute Gasteiger partial charge is 0.277 e. The number of rotatable bonds is 6. The Bertz CT molecular complexity index is 754. The van der Waals surface area contributed by atoms with E-state index in [0.29, 0.717) is 23.5 Å². The molecule has 0 radical (unpaired) electrons. The van der Waals surface area contributed by atoms with Crippen molar-refractivity contribution in [2.75, 3.05) is 6.61 Å². The van der Waals surface area contributed by atoms with E-state index < -0.39 is 0 Å². The van der Waals surface area contributed by atoms with Gasteiger partial charge in [-0.15, -0.1) is 10.2 Å². The van der Waals surface area contributed by atoms with Crippen LogP contribution in [-0.2, 0) is 5.75 Å². The van der Waals surface area contributed by atoms with Crippen LogP contribution in [0.15, 0.2) is 44.5 Å². The van der Waals surface area contributed by atoms with Gasteiger partial charge < -0.3 is 13.7 Å². The molecule has 0 saturated heterocycles. The molecular formula is C15H15N3O3S. The first kappa shape index (κ1) is 14.6. The topological polar surface area (TPSA) is 74.2 Å². The zero-order valence-electron chi connectivity index (χ0n) is 12.3. The van der Waals surface area contributed by atoms with Crippen LogP contribution >= 0.6 is 11.8 Å². The van der Waals surface area contributed by atoms with Crippen LogP contribution in [0, 0.1) is 6.92 Å². The summed E-state index contributed by atoms with van der Waals surface area (Å²) in [6, 6.07) is 9.48. The number of hydrogen-bond donors (Lipinski definition) is 0. The van der Waals surface area contributed by atoms with Gasteiger partial charge in [0.15, 0.2) is 0 Å². The maximum Gasteiger partial charge on any atom is 0.277 e. The molecule has 1 aromatic carbocycles. The molecule has 7 heteroatoms. The molecule has 2 aromatic heterocycles. The lowest BCUT2D eigenvalue weighted by atomic mass is 10.2. The van der Waals surface area contributed by atoms with Crippen molar-refractivity contribution in [3.05, 3.63) is 41.8 Å².